The summed E-state index contributed by atoms with van der Waals surface area (Å²) in [5, 5.41) is 18.3. The number of methoxy groups -OCH3 is 2. The Hall–Kier alpha value is -1.42. The van der Waals surface area contributed by atoms with Crippen molar-refractivity contribution in [2.45, 2.75) is 12.8 Å². The topological polar surface area (TPSA) is 58.9 Å². The molecule has 4 heteroatoms. The molecule has 0 unspecified atom stereocenters. The summed E-state index contributed by atoms with van der Waals surface area (Å²) in [5.41, 5.74) is 0.866. The fourth-order valence-electron chi connectivity index (χ4n) is 1.41. The van der Waals surface area contributed by atoms with Crippen molar-refractivity contribution in [1.82, 2.24) is 0 Å². The summed E-state index contributed by atoms with van der Waals surface area (Å²) in [5.74, 6) is 1.14. The van der Waals surface area contributed by atoms with Crippen LogP contribution in [0.2, 0.25) is 0 Å². The van der Waals surface area contributed by atoms with Gasteiger partial charge in [-0.05, 0) is 24.5 Å². The Bertz CT molecular complexity index is 323. The Kier molecular flexibility index (Phi) is 4.24. The third-order valence-electron chi connectivity index (χ3n) is 2.19. The van der Waals surface area contributed by atoms with Crippen molar-refractivity contribution in [1.29, 1.82) is 0 Å². The van der Waals surface area contributed by atoms with Crippen LogP contribution in [-0.2, 0) is 6.42 Å². The SMILES string of the molecule is COc1cc(OC)c(CCCO)cc1O. The van der Waals surface area contributed by atoms with Crippen molar-refractivity contribution in [3.63, 3.8) is 0 Å². The second kappa shape index (κ2) is 5.46. The highest BCUT2D eigenvalue weighted by molar-refractivity contribution is 5.49. The molecular weight excluding hydrogens is 196 g/mol. The van der Waals surface area contributed by atoms with Crippen LogP contribution in [0.15, 0.2) is 12.1 Å². The van der Waals surface area contributed by atoms with E-state index in [-0.39, 0.29) is 12.4 Å². The minimum absolute atomic E-state index is 0.0891. The summed E-state index contributed by atoms with van der Waals surface area (Å²) >= 11 is 0. The summed E-state index contributed by atoms with van der Waals surface area (Å²) in [7, 11) is 3.05. The van der Waals surface area contributed by atoms with Crippen LogP contribution in [0.4, 0.5) is 0 Å². The van der Waals surface area contributed by atoms with Gasteiger partial charge in [0.15, 0.2) is 11.5 Å². The average molecular weight is 212 g/mol. The zero-order chi connectivity index (χ0) is 11.3. The highest BCUT2D eigenvalue weighted by Gasteiger charge is 2.09. The smallest absolute Gasteiger partial charge is 0.164 e. The molecule has 15 heavy (non-hydrogen) atoms. The van der Waals surface area contributed by atoms with Crippen LogP contribution in [0.3, 0.4) is 0 Å². The summed E-state index contributed by atoms with van der Waals surface area (Å²) in [6.45, 7) is 0.121. The lowest BCUT2D eigenvalue weighted by atomic mass is 10.1. The van der Waals surface area contributed by atoms with Gasteiger partial charge in [0.2, 0.25) is 0 Å². The number of aliphatic hydroxyl groups is 1. The molecule has 0 aliphatic heterocycles. The highest BCUT2D eigenvalue weighted by atomic mass is 16.5. The molecule has 0 saturated heterocycles. The number of aromatic hydroxyl groups is 1. The molecule has 4 nitrogen and oxygen atoms in total. The molecule has 0 heterocycles. The third-order valence-corrected chi connectivity index (χ3v) is 2.19. The van der Waals surface area contributed by atoms with Crippen LogP contribution in [0.1, 0.15) is 12.0 Å². The van der Waals surface area contributed by atoms with Crippen LogP contribution in [0.25, 0.3) is 0 Å². The fourth-order valence-corrected chi connectivity index (χ4v) is 1.41. The third kappa shape index (κ3) is 2.76. The van der Waals surface area contributed by atoms with E-state index in [1.807, 2.05) is 0 Å². The van der Waals surface area contributed by atoms with Gasteiger partial charge >= 0.3 is 0 Å². The second-order valence-electron chi connectivity index (χ2n) is 3.16. The van der Waals surface area contributed by atoms with E-state index >= 15 is 0 Å². The molecule has 1 aromatic rings. The summed E-state index contributed by atoms with van der Waals surface area (Å²) < 4.78 is 10.1. The Morgan fingerprint density at radius 2 is 1.80 bits per heavy atom. The average Bonchev–Trinajstić information content (AvgIpc) is 2.26. The summed E-state index contributed by atoms with van der Waals surface area (Å²) in [6, 6.07) is 3.25. The van der Waals surface area contributed by atoms with Gasteiger partial charge in [-0.15, -0.1) is 0 Å². The Labute approximate surface area is 89.1 Å². The summed E-state index contributed by atoms with van der Waals surface area (Å²) in [6.07, 6.45) is 1.30. The Morgan fingerprint density at radius 1 is 1.13 bits per heavy atom. The van der Waals surface area contributed by atoms with Gasteiger partial charge in [-0.2, -0.15) is 0 Å². The molecule has 0 aromatic heterocycles. The van der Waals surface area contributed by atoms with Crippen LogP contribution >= 0.6 is 0 Å². The number of ether oxygens (including phenoxy) is 2. The minimum atomic E-state index is 0.0891. The van der Waals surface area contributed by atoms with Gasteiger partial charge in [-0.25, -0.2) is 0 Å². The molecule has 0 bridgehead atoms. The predicted octanol–water partition coefficient (Wildman–Crippen LogP) is 1.33. The first kappa shape index (κ1) is 11.7. The summed E-state index contributed by atoms with van der Waals surface area (Å²) in [4.78, 5) is 0. The quantitative estimate of drug-likeness (QED) is 0.773. The molecule has 0 atom stereocenters. The number of aryl methyl sites for hydroxylation is 1. The Balaban J connectivity index is 2.98. The minimum Gasteiger partial charge on any atom is -0.504 e. The van der Waals surface area contributed by atoms with E-state index in [9.17, 15) is 5.11 Å². The molecule has 0 fully saturated rings. The number of hydrogen-bond donors (Lipinski definition) is 2. The van der Waals surface area contributed by atoms with E-state index in [0.717, 1.165) is 5.56 Å². The van der Waals surface area contributed by atoms with E-state index in [0.29, 0.717) is 24.3 Å². The number of benzene rings is 1. The van der Waals surface area contributed by atoms with E-state index in [2.05, 4.69) is 0 Å². The number of phenols is 1. The number of aliphatic hydroxyl groups excluding tert-OH is 1. The molecule has 2 N–H and O–H groups in total. The van der Waals surface area contributed by atoms with Gasteiger partial charge in [0.25, 0.3) is 0 Å². The molecule has 0 amide bonds. The van der Waals surface area contributed by atoms with Crippen molar-refractivity contribution in [3.8, 4) is 17.2 Å². The molecular formula is C11H16O4. The molecule has 0 radical (unpaired) electrons. The van der Waals surface area contributed by atoms with E-state index in [4.69, 9.17) is 14.6 Å². The molecule has 1 rings (SSSR count). The van der Waals surface area contributed by atoms with E-state index in [1.54, 1.807) is 19.2 Å². The predicted molar refractivity (Wildman–Crippen MR) is 56.6 cm³/mol. The maximum atomic E-state index is 9.57. The molecule has 0 saturated carbocycles. The first-order valence-electron chi connectivity index (χ1n) is 4.77. The lowest BCUT2D eigenvalue weighted by Gasteiger charge is -2.11. The first-order chi connectivity index (χ1) is 7.22. The van der Waals surface area contributed by atoms with E-state index < -0.39 is 0 Å². The molecule has 84 valence electrons. The number of phenolic OH excluding ortho intramolecular Hbond substituents is 1. The molecule has 0 aliphatic carbocycles. The van der Waals surface area contributed by atoms with Gasteiger partial charge in [0.05, 0.1) is 14.2 Å². The van der Waals surface area contributed by atoms with Gasteiger partial charge in [-0.3, -0.25) is 0 Å². The zero-order valence-electron chi connectivity index (χ0n) is 8.99. The van der Waals surface area contributed by atoms with Crippen molar-refractivity contribution < 1.29 is 19.7 Å². The van der Waals surface area contributed by atoms with Crippen molar-refractivity contribution in [3.05, 3.63) is 17.7 Å². The van der Waals surface area contributed by atoms with Crippen LogP contribution in [0.5, 0.6) is 17.2 Å². The largest absolute Gasteiger partial charge is 0.504 e. The maximum absolute atomic E-state index is 9.57. The molecule has 0 spiro atoms. The lowest BCUT2D eigenvalue weighted by Crippen LogP contribution is -1.96. The number of rotatable bonds is 5. The van der Waals surface area contributed by atoms with Crippen molar-refractivity contribution >= 4 is 0 Å². The number of hydrogen-bond acceptors (Lipinski definition) is 4. The normalized spacial score (nSPS) is 10.1. The van der Waals surface area contributed by atoms with Gasteiger partial charge in [-0.1, -0.05) is 0 Å². The van der Waals surface area contributed by atoms with Gasteiger partial charge < -0.3 is 19.7 Å². The van der Waals surface area contributed by atoms with E-state index in [1.165, 1.54) is 7.11 Å². The van der Waals surface area contributed by atoms with Crippen LogP contribution in [-0.4, -0.2) is 31.0 Å². The van der Waals surface area contributed by atoms with Gasteiger partial charge in [0, 0.05) is 12.7 Å². The standard InChI is InChI=1S/C11H16O4/c1-14-10-7-11(15-2)9(13)6-8(10)4-3-5-12/h6-7,12-13H,3-5H2,1-2H3. The second-order valence-corrected chi connectivity index (χ2v) is 3.16. The molecule has 0 aliphatic rings. The van der Waals surface area contributed by atoms with Crippen LogP contribution in [0, 0.1) is 0 Å². The Morgan fingerprint density at radius 3 is 2.33 bits per heavy atom. The van der Waals surface area contributed by atoms with Crippen molar-refractivity contribution in [2.75, 3.05) is 20.8 Å². The first-order valence-corrected chi connectivity index (χ1v) is 4.77. The highest BCUT2D eigenvalue weighted by Crippen LogP contribution is 2.34. The molecule has 1 aromatic carbocycles. The maximum Gasteiger partial charge on any atom is 0.164 e. The monoisotopic (exact) mass is 212 g/mol. The fraction of sp³-hybridized carbons (Fsp3) is 0.455. The van der Waals surface area contributed by atoms with Crippen LogP contribution < -0.4 is 9.47 Å². The lowest BCUT2D eigenvalue weighted by molar-refractivity contribution is 0.287. The van der Waals surface area contributed by atoms with Gasteiger partial charge in [0.1, 0.15) is 5.75 Å². The zero-order valence-corrected chi connectivity index (χ0v) is 8.99. The van der Waals surface area contributed by atoms with Crippen molar-refractivity contribution in [2.24, 2.45) is 0 Å².